The lowest BCUT2D eigenvalue weighted by molar-refractivity contribution is -0.137. The summed E-state index contributed by atoms with van der Waals surface area (Å²) < 4.78 is 0. The zero-order chi connectivity index (χ0) is 18.6. The van der Waals surface area contributed by atoms with Crippen molar-refractivity contribution in [3.63, 3.8) is 0 Å². The molecule has 0 aliphatic heterocycles. The molecule has 0 unspecified atom stereocenters. The largest absolute Gasteiger partial charge is 0.513 e. The fourth-order valence-corrected chi connectivity index (χ4v) is 1.89. The van der Waals surface area contributed by atoms with Gasteiger partial charge in [-0.25, -0.2) is 0 Å². The number of hydrogen-bond donors (Lipinski definition) is 2. The van der Waals surface area contributed by atoms with Crippen LogP contribution in [0.2, 0.25) is 0 Å². The average molecular weight is 344 g/mol. The summed E-state index contributed by atoms with van der Waals surface area (Å²) in [6.45, 7) is 2.14. The van der Waals surface area contributed by atoms with Crippen molar-refractivity contribution >= 4 is 5.97 Å². The van der Waals surface area contributed by atoms with Gasteiger partial charge >= 0.3 is 5.97 Å². The van der Waals surface area contributed by atoms with Crippen LogP contribution in [0.3, 0.4) is 0 Å². The Morgan fingerprint density at radius 1 is 0.640 bits per heavy atom. The number of carbonyl (C=O) groups is 1. The minimum absolute atomic E-state index is 0.0337. The van der Waals surface area contributed by atoms with E-state index in [0.29, 0.717) is 6.42 Å². The standard InChI is InChI=1S/C22H32O3/c1-2-3-4-5-6-7-8-9-10-11-12-13-14-15-16-17-18-21(23)19-20-22(24)25/h3-4,6-7,9-10,12-13,15-16,18,23H,2,5,8,11,14,17,19-20H2,1H3,(H,24,25)/b4-3-,7-6-,10-9+,13-12+,16-15+,21-18-. The van der Waals surface area contributed by atoms with Crippen molar-refractivity contribution in [2.75, 3.05) is 0 Å². The number of hydrogen-bond acceptors (Lipinski definition) is 2. The lowest BCUT2D eigenvalue weighted by Crippen LogP contribution is -1.95. The monoisotopic (exact) mass is 344 g/mol. The van der Waals surface area contributed by atoms with Crippen molar-refractivity contribution in [2.45, 2.75) is 58.3 Å². The van der Waals surface area contributed by atoms with Gasteiger partial charge < -0.3 is 10.2 Å². The summed E-state index contributed by atoms with van der Waals surface area (Å²) in [5.41, 5.74) is 0. The van der Waals surface area contributed by atoms with Crippen LogP contribution in [0.4, 0.5) is 0 Å². The van der Waals surface area contributed by atoms with Gasteiger partial charge in [-0.1, -0.05) is 67.7 Å². The van der Waals surface area contributed by atoms with Gasteiger partial charge in [-0.15, -0.1) is 0 Å². The van der Waals surface area contributed by atoms with E-state index >= 15 is 0 Å². The number of aliphatic hydroxyl groups excluding tert-OH is 1. The number of allylic oxidation sites excluding steroid dienone is 12. The zero-order valence-electron chi connectivity index (χ0n) is 15.3. The van der Waals surface area contributed by atoms with Crippen molar-refractivity contribution in [1.29, 1.82) is 0 Å². The molecule has 0 amide bonds. The Kier molecular flexibility index (Phi) is 16.4. The minimum atomic E-state index is -0.894. The number of carboxylic acid groups (broad SMARTS) is 1. The molecule has 0 radical (unpaired) electrons. The first-order chi connectivity index (χ1) is 12.2. The molecule has 0 atom stereocenters. The Balaban J connectivity index is 3.65. The molecule has 0 heterocycles. The SMILES string of the molecule is CC/C=C\C/C=C\C/C=C/C/C=C/C/C=C/C/C=C(\O)CCC(=O)O. The second kappa shape index (κ2) is 18.1. The fraction of sp³-hybridized carbons (Fsp3) is 0.409. The molecule has 0 aromatic rings. The van der Waals surface area contributed by atoms with Crippen molar-refractivity contribution in [2.24, 2.45) is 0 Å². The molecule has 0 spiro atoms. The molecule has 3 nitrogen and oxygen atoms in total. The van der Waals surface area contributed by atoms with Crippen molar-refractivity contribution in [1.82, 2.24) is 0 Å². The van der Waals surface area contributed by atoms with Crippen molar-refractivity contribution < 1.29 is 15.0 Å². The van der Waals surface area contributed by atoms with E-state index in [0.717, 1.165) is 32.1 Å². The predicted molar refractivity (Wildman–Crippen MR) is 107 cm³/mol. The lowest BCUT2D eigenvalue weighted by atomic mass is 10.2. The van der Waals surface area contributed by atoms with Crippen LogP contribution in [-0.4, -0.2) is 16.2 Å². The molecular formula is C22H32O3. The Hall–Kier alpha value is -2.29. The van der Waals surface area contributed by atoms with Crippen molar-refractivity contribution in [3.05, 3.63) is 72.6 Å². The summed E-state index contributed by atoms with van der Waals surface area (Å²) in [7, 11) is 0. The molecule has 0 saturated carbocycles. The maximum atomic E-state index is 10.4. The van der Waals surface area contributed by atoms with E-state index in [-0.39, 0.29) is 18.6 Å². The molecule has 0 aliphatic carbocycles. The highest BCUT2D eigenvalue weighted by Gasteiger charge is 1.98. The van der Waals surface area contributed by atoms with Gasteiger partial charge in [0, 0.05) is 6.42 Å². The van der Waals surface area contributed by atoms with Gasteiger partial charge in [-0.3, -0.25) is 4.79 Å². The third-order valence-electron chi connectivity index (χ3n) is 3.24. The first-order valence-electron chi connectivity index (χ1n) is 9.01. The molecular weight excluding hydrogens is 312 g/mol. The quantitative estimate of drug-likeness (QED) is 0.282. The Bertz CT molecular complexity index is 505. The first kappa shape index (κ1) is 22.7. The smallest absolute Gasteiger partial charge is 0.303 e. The molecule has 2 N–H and O–H groups in total. The van der Waals surface area contributed by atoms with Crippen LogP contribution in [-0.2, 0) is 4.79 Å². The summed E-state index contributed by atoms with van der Waals surface area (Å²) in [6.07, 6.45) is 28.6. The van der Waals surface area contributed by atoms with Gasteiger partial charge in [0.25, 0.3) is 0 Å². The van der Waals surface area contributed by atoms with E-state index in [1.54, 1.807) is 6.08 Å². The van der Waals surface area contributed by atoms with Crippen LogP contribution in [0.1, 0.15) is 58.3 Å². The molecule has 0 aromatic carbocycles. The molecule has 0 fully saturated rings. The van der Waals surface area contributed by atoms with Gasteiger partial charge in [-0.05, 0) is 44.6 Å². The summed E-state index contributed by atoms with van der Waals surface area (Å²) in [4.78, 5) is 10.4. The maximum Gasteiger partial charge on any atom is 0.303 e. The maximum absolute atomic E-state index is 10.4. The van der Waals surface area contributed by atoms with Crippen LogP contribution < -0.4 is 0 Å². The molecule has 0 saturated heterocycles. The summed E-state index contributed by atoms with van der Waals surface area (Å²) in [5, 5.41) is 18.0. The van der Waals surface area contributed by atoms with Gasteiger partial charge in [-0.2, -0.15) is 0 Å². The van der Waals surface area contributed by atoms with Gasteiger partial charge in [0.1, 0.15) is 0 Å². The number of rotatable bonds is 14. The summed E-state index contributed by atoms with van der Waals surface area (Å²) in [5.74, 6) is -0.752. The number of carboxylic acids is 1. The van der Waals surface area contributed by atoms with E-state index in [2.05, 4.69) is 55.5 Å². The van der Waals surface area contributed by atoms with E-state index in [1.165, 1.54) is 0 Å². The molecule has 0 rings (SSSR count). The van der Waals surface area contributed by atoms with Crippen LogP contribution >= 0.6 is 0 Å². The molecule has 0 aliphatic rings. The molecule has 3 heteroatoms. The highest BCUT2D eigenvalue weighted by atomic mass is 16.4. The molecule has 25 heavy (non-hydrogen) atoms. The van der Waals surface area contributed by atoms with Crippen LogP contribution in [0, 0.1) is 0 Å². The zero-order valence-corrected chi connectivity index (χ0v) is 15.3. The molecule has 0 aromatic heterocycles. The fourth-order valence-electron chi connectivity index (χ4n) is 1.89. The second-order valence-corrected chi connectivity index (χ2v) is 5.53. The Morgan fingerprint density at radius 2 is 1.04 bits per heavy atom. The second-order valence-electron chi connectivity index (χ2n) is 5.53. The highest BCUT2D eigenvalue weighted by Crippen LogP contribution is 2.03. The van der Waals surface area contributed by atoms with Crippen molar-refractivity contribution in [3.8, 4) is 0 Å². The predicted octanol–water partition coefficient (Wildman–Crippen LogP) is 6.43. The summed E-state index contributed by atoms with van der Waals surface area (Å²) >= 11 is 0. The van der Waals surface area contributed by atoms with E-state index in [9.17, 15) is 9.90 Å². The summed E-state index contributed by atoms with van der Waals surface area (Å²) in [6, 6.07) is 0. The topological polar surface area (TPSA) is 57.5 Å². The third-order valence-corrected chi connectivity index (χ3v) is 3.24. The first-order valence-corrected chi connectivity index (χ1v) is 9.01. The highest BCUT2D eigenvalue weighted by molar-refractivity contribution is 5.66. The number of aliphatic hydroxyl groups is 1. The van der Waals surface area contributed by atoms with Gasteiger partial charge in [0.05, 0.1) is 12.2 Å². The average Bonchev–Trinajstić information content (AvgIpc) is 2.59. The normalized spacial score (nSPS) is 13.4. The van der Waals surface area contributed by atoms with E-state index in [4.69, 9.17) is 5.11 Å². The lowest BCUT2D eigenvalue weighted by Gasteiger charge is -1.95. The van der Waals surface area contributed by atoms with E-state index in [1.807, 2.05) is 12.2 Å². The van der Waals surface area contributed by atoms with Crippen LogP contribution in [0.15, 0.2) is 72.6 Å². The molecule has 138 valence electrons. The molecule has 0 bridgehead atoms. The Morgan fingerprint density at radius 3 is 1.44 bits per heavy atom. The van der Waals surface area contributed by atoms with Crippen LogP contribution in [0.25, 0.3) is 0 Å². The Labute approximate surface area is 152 Å². The van der Waals surface area contributed by atoms with Crippen LogP contribution in [0.5, 0.6) is 0 Å². The third kappa shape index (κ3) is 19.7. The minimum Gasteiger partial charge on any atom is -0.513 e. The van der Waals surface area contributed by atoms with E-state index < -0.39 is 5.97 Å². The van der Waals surface area contributed by atoms with Gasteiger partial charge in [0.2, 0.25) is 0 Å². The van der Waals surface area contributed by atoms with Gasteiger partial charge in [0.15, 0.2) is 0 Å². The number of aliphatic carboxylic acids is 1.